The van der Waals surface area contributed by atoms with Crippen LogP contribution in [0.5, 0.6) is 0 Å². The maximum Gasteiger partial charge on any atom is 0.255 e. The molecule has 0 bridgehead atoms. The molecule has 108 valence electrons. The van der Waals surface area contributed by atoms with Crippen molar-refractivity contribution >= 4 is 11.6 Å². The SMILES string of the molecule is Cc1ccccc1-c1ccc(C(=O)Nc2ccccc2)cc1. The highest BCUT2D eigenvalue weighted by Crippen LogP contribution is 2.23. The Morgan fingerprint density at radius 1 is 0.773 bits per heavy atom. The Labute approximate surface area is 130 Å². The van der Waals surface area contributed by atoms with E-state index < -0.39 is 0 Å². The molecule has 3 aromatic rings. The minimum absolute atomic E-state index is 0.0949. The molecule has 0 radical (unpaired) electrons. The van der Waals surface area contributed by atoms with E-state index in [1.54, 1.807) is 0 Å². The second-order valence-electron chi connectivity index (χ2n) is 5.21. The van der Waals surface area contributed by atoms with Crippen molar-refractivity contribution in [3.63, 3.8) is 0 Å². The first-order valence-electron chi connectivity index (χ1n) is 7.26. The molecule has 0 unspecified atom stereocenters. The number of nitrogens with one attached hydrogen (secondary N) is 1. The minimum atomic E-state index is -0.0949. The van der Waals surface area contributed by atoms with Gasteiger partial charge in [-0.3, -0.25) is 4.79 Å². The van der Waals surface area contributed by atoms with Crippen molar-refractivity contribution in [1.29, 1.82) is 0 Å². The number of carbonyl (C=O) groups is 1. The first-order valence-corrected chi connectivity index (χ1v) is 7.26. The summed E-state index contributed by atoms with van der Waals surface area (Å²) in [5.41, 5.74) is 4.99. The average Bonchev–Trinajstić information content (AvgIpc) is 2.56. The summed E-state index contributed by atoms with van der Waals surface area (Å²) in [4.78, 5) is 12.2. The topological polar surface area (TPSA) is 29.1 Å². The predicted octanol–water partition coefficient (Wildman–Crippen LogP) is 4.91. The highest BCUT2D eigenvalue weighted by atomic mass is 16.1. The molecule has 22 heavy (non-hydrogen) atoms. The van der Waals surface area contributed by atoms with Gasteiger partial charge in [-0.2, -0.15) is 0 Å². The van der Waals surface area contributed by atoms with Gasteiger partial charge in [-0.25, -0.2) is 0 Å². The number of rotatable bonds is 3. The van der Waals surface area contributed by atoms with Crippen molar-refractivity contribution in [1.82, 2.24) is 0 Å². The smallest absolute Gasteiger partial charge is 0.255 e. The van der Waals surface area contributed by atoms with Crippen molar-refractivity contribution in [2.75, 3.05) is 5.32 Å². The third kappa shape index (κ3) is 3.07. The van der Waals surface area contributed by atoms with Crippen LogP contribution in [0.1, 0.15) is 15.9 Å². The van der Waals surface area contributed by atoms with Gasteiger partial charge in [0.1, 0.15) is 0 Å². The molecule has 0 heterocycles. The van der Waals surface area contributed by atoms with Crippen LogP contribution in [0.2, 0.25) is 0 Å². The second kappa shape index (κ2) is 6.27. The minimum Gasteiger partial charge on any atom is -0.322 e. The van der Waals surface area contributed by atoms with Crippen molar-refractivity contribution < 1.29 is 4.79 Å². The van der Waals surface area contributed by atoms with E-state index in [2.05, 4.69) is 24.4 Å². The van der Waals surface area contributed by atoms with Crippen LogP contribution in [0.3, 0.4) is 0 Å². The van der Waals surface area contributed by atoms with Crippen LogP contribution < -0.4 is 5.32 Å². The molecule has 0 aliphatic rings. The molecular formula is C20H17NO. The molecule has 0 atom stereocenters. The van der Waals surface area contributed by atoms with E-state index in [9.17, 15) is 4.79 Å². The Balaban J connectivity index is 1.80. The van der Waals surface area contributed by atoms with Crippen LogP contribution in [-0.2, 0) is 0 Å². The van der Waals surface area contributed by atoms with Crippen LogP contribution in [0.15, 0.2) is 78.9 Å². The fourth-order valence-electron chi connectivity index (χ4n) is 2.42. The Bertz CT molecular complexity index is 776. The van der Waals surface area contributed by atoms with Crippen molar-refractivity contribution in [3.8, 4) is 11.1 Å². The van der Waals surface area contributed by atoms with Gasteiger partial charge < -0.3 is 5.32 Å². The molecule has 0 aliphatic heterocycles. The van der Waals surface area contributed by atoms with Gasteiger partial charge >= 0.3 is 0 Å². The van der Waals surface area contributed by atoms with Gasteiger partial charge in [0.2, 0.25) is 0 Å². The Kier molecular flexibility index (Phi) is 4.01. The standard InChI is InChI=1S/C20H17NO/c1-15-7-5-6-10-19(15)16-11-13-17(14-12-16)20(22)21-18-8-3-2-4-9-18/h2-14H,1H3,(H,21,22). The molecule has 2 nitrogen and oxygen atoms in total. The van der Waals surface area contributed by atoms with Gasteiger partial charge in [-0.05, 0) is 47.9 Å². The number of amides is 1. The molecule has 0 saturated heterocycles. The van der Waals surface area contributed by atoms with Crippen LogP contribution >= 0.6 is 0 Å². The lowest BCUT2D eigenvalue weighted by molar-refractivity contribution is 0.102. The zero-order chi connectivity index (χ0) is 15.4. The predicted molar refractivity (Wildman–Crippen MR) is 91.0 cm³/mol. The van der Waals surface area contributed by atoms with E-state index in [4.69, 9.17) is 0 Å². The lowest BCUT2D eigenvalue weighted by Gasteiger charge is -2.08. The fraction of sp³-hybridized carbons (Fsp3) is 0.0500. The van der Waals surface area contributed by atoms with Gasteiger partial charge in [0.05, 0.1) is 0 Å². The maximum absolute atomic E-state index is 12.2. The molecule has 3 rings (SSSR count). The second-order valence-corrected chi connectivity index (χ2v) is 5.21. The Morgan fingerprint density at radius 2 is 1.41 bits per heavy atom. The number of hydrogen-bond donors (Lipinski definition) is 1. The zero-order valence-corrected chi connectivity index (χ0v) is 12.4. The molecule has 0 aliphatic carbocycles. The number of anilines is 1. The summed E-state index contributed by atoms with van der Waals surface area (Å²) in [7, 11) is 0. The number of benzene rings is 3. The van der Waals surface area contributed by atoms with Crippen LogP contribution in [0, 0.1) is 6.92 Å². The number of hydrogen-bond acceptors (Lipinski definition) is 1. The van der Waals surface area contributed by atoms with Gasteiger partial charge in [-0.1, -0.05) is 54.6 Å². The van der Waals surface area contributed by atoms with E-state index in [1.807, 2.05) is 66.7 Å². The zero-order valence-electron chi connectivity index (χ0n) is 12.4. The number of carbonyl (C=O) groups excluding carboxylic acids is 1. The summed E-state index contributed by atoms with van der Waals surface area (Å²) in [5.74, 6) is -0.0949. The van der Waals surface area contributed by atoms with E-state index in [0.29, 0.717) is 5.56 Å². The lowest BCUT2D eigenvalue weighted by Crippen LogP contribution is -2.11. The van der Waals surface area contributed by atoms with Crippen molar-refractivity contribution in [2.24, 2.45) is 0 Å². The largest absolute Gasteiger partial charge is 0.322 e. The van der Waals surface area contributed by atoms with Crippen molar-refractivity contribution in [3.05, 3.63) is 90.0 Å². The number of para-hydroxylation sites is 1. The molecular weight excluding hydrogens is 270 g/mol. The molecule has 2 heteroatoms. The Hall–Kier alpha value is -2.87. The van der Waals surface area contributed by atoms with Crippen molar-refractivity contribution in [2.45, 2.75) is 6.92 Å². The molecule has 0 fully saturated rings. The van der Waals surface area contributed by atoms with Gasteiger partial charge in [-0.15, -0.1) is 0 Å². The maximum atomic E-state index is 12.2. The highest BCUT2D eigenvalue weighted by Gasteiger charge is 2.07. The van der Waals surface area contributed by atoms with Crippen LogP contribution in [-0.4, -0.2) is 5.91 Å². The third-order valence-corrected chi connectivity index (χ3v) is 3.63. The molecule has 0 saturated carbocycles. The van der Waals surface area contributed by atoms with Gasteiger partial charge in [0, 0.05) is 11.3 Å². The van der Waals surface area contributed by atoms with Gasteiger partial charge in [0.15, 0.2) is 0 Å². The summed E-state index contributed by atoms with van der Waals surface area (Å²) in [6.45, 7) is 2.09. The molecule has 0 aromatic heterocycles. The summed E-state index contributed by atoms with van der Waals surface area (Å²) in [5, 5.41) is 2.89. The third-order valence-electron chi connectivity index (χ3n) is 3.63. The molecule has 1 N–H and O–H groups in total. The van der Waals surface area contributed by atoms with Gasteiger partial charge in [0.25, 0.3) is 5.91 Å². The van der Waals surface area contributed by atoms with E-state index in [-0.39, 0.29) is 5.91 Å². The van der Waals surface area contributed by atoms with Crippen LogP contribution in [0.4, 0.5) is 5.69 Å². The Morgan fingerprint density at radius 3 is 2.09 bits per heavy atom. The van der Waals surface area contributed by atoms with E-state index in [0.717, 1.165) is 11.3 Å². The number of aryl methyl sites for hydroxylation is 1. The summed E-state index contributed by atoms with van der Waals surface area (Å²) >= 11 is 0. The normalized spacial score (nSPS) is 10.2. The molecule has 3 aromatic carbocycles. The molecule has 0 spiro atoms. The van der Waals surface area contributed by atoms with E-state index in [1.165, 1.54) is 11.1 Å². The quantitative estimate of drug-likeness (QED) is 0.728. The summed E-state index contributed by atoms with van der Waals surface area (Å²) in [6, 6.07) is 25.4. The first-order chi connectivity index (χ1) is 10.7. The summed E-state index contributed by atoms with van der Waals surface area (Å²) in [6.07, 6.45) is 0. The monoisotopic (exact) mass is 287 g/mol. The fourth-order valence-corrected chi connectivity index (χ4v) is 2.42. The van der Waals surface area contributed by atoms with E-state index >= 15 is 0 Å². The average molecular weight is 287 g/mol. The highest BCUT2D eigenvalue weighted by molar-refractivity contribution is 6.04. The van der Waals surface area contributed by atoms with Crippen LogP contribution in [0.25, 0.3) is 11.1 Å². The first kappa shape index (κ1) is 14.1. The molecule has 1 amide bonds. The lowest BCUT2D eigenvalue weighted by atomic mass is 9.99. The summed E-state index contributed by atoms with van der Waals surface area (Å²) < 4.78 is 0.